The number of likely N-dealkylation sites (tertiary alicyclic amines) is 1. The van der Waals surface area contributed by atoms with Gasteiger partial charge in [-0.1, -0.05) is 0 Å². The van der Waals surface area contributed by atoms with Crippen LogP contribution in [0.2, 0.25) is 0 Å². The largest absolute Gasteiger partial charge is 0.467 e. The van der Waals surface area contributed by atoms with Crippen molar-refractivity contribution < 1.29 is 14.3 Å². The summed E-state index contributed by atoms with van der Waals surface area (Å²) >= 11 is 0. The predicted octanol–water partition coefficient (Wildman–Crippen LogP) is -0.501. The molecular formula is C9H16N2O3. The van der Waals surface area contributed by atoms with Crippen LogP contribution in [0.5, 0.6) is 0 Å². The van der Waals surface area contributed by atoms with E-state index in [1.807, 2.05) is 0 Å². The molecule has 0 aliphatic carbocycles. The van der Waals surface area contributed by atoms with Gasteiger partial charge in [0.15, 0.2) is 0 Å². The molecule has 1 saturated heterocycles. The summed E-state index contributed by atoms with van der Waals surface area (Å²) < 4.78 is 4.64. The number of piperidine rings is 1. The highest BCUT2D eigenvalue weighted by Gasteiger charge is 2.31. The van der Waals surface area contributed by atoms with E-state index in [9.17, 15) is 9.59 Å². The van der Waals surface area contributed by atoms with Crippen LogP contribution in [0.15, 0.2) is 0 Å². The molecule has 1 rings (SSSR count). The van der Waals surface area contributed by atoms with E-state index in [0.29, 0.717) is 13.0 Å². The highest BCUT2D eigenvalue weighted by atomic mass is 16.5. The van der Waals surface area contributed by atoms with Gasteiger partial charge in [-0.2, -0.15) is 0 Å². The highest BCUT2D eigenvalue weighted by Crippen LogP contribution is 2.17. The zero-order valence-electron chi connectivity index (χ0n) is 8.36. The molecule has 0 radical (unpaired) electrons. The molecule has 5 nitrogen and oxygen atoms in total. The Labute approximate surface area is 83.2 Å². The Hall–Kier alpha value is -1.10. The number of hydrogen-bond donors (Lipinski definition) is 1. The monoisotopic (exact) mass is 200 g/mol. The van der Waals surface area contributed by atoms with Gasteiger partial charge in [-0.15, -0.1) is 0 Å². The van der Waals surface area contributed by atoms with Gasteiger partial charge < -0.3 is 15.4 Å². The Bertz CT molecular complexity index is 206. The van der Waals surface area contributed by atoms with Gasteiger partial charge in [0.1, 0.15) is 6.04 Å². The lowest BCUT2D eigenvalue weighted by Gasteiger charge is -2.33. The molecule has 1 unspecified atom stereocenters. The molecule has 5 heteroatoms. The topological polar surface area (TPSA) is 72.6 Å². The van der Waals surface area contributed by atoms with Crippen LogP contribution in [-0.2, 0) is 14.3 Å². The van der Waals surface area contributed by atoms with Crippen molar-refractivity contribution in [2.24, 2.45) is 5.73 Å². The molecule has 1 amide bonds. The Balaban J connectivity index is 2.68. The maximum absolute atomic E-state index is 11.4. The van der Waals surface area contributed by atoms with E-state index in [4.69, 9.17) is 5.73 Å². The summed E-state index contributed by atoms with van der Waals surface area (Å²) in [4.78, 5) is 24.3. The molecule has 0 aromatic carbocycles. The van der Waals surface area contributed by atoms with Crippen LogP contribution in [-0.4, -0.2) is 43.0 Å². The number of carbonyl (C=O) groups excluding carboxylic acids is 2. The first kappa shape index (κ1) is 11.0. The van der Waals surface area contributed by atoms with Crippen LogP contribution in [0, 0.1) is 0 Å². The fourth-order valence-electron chi connectivity index (χ4n) is 1.73. The molecule has 0 aromatic rings. The van der Waals surface area contributed by atoms with Crippen molar-refractivity contribution in [2.75, 3.05) is 20.2 Å². The standard InChI is InChI=1S/C9H16N2O3/c1-14-9(13)7-4-2-3-5-11(7)8(12)6-10/h7H,2-6,10H2,1H3. The fraction of sp³-hybridized carbons (Fsp3) is 0.778. The summed E-state index contributed by atoms with van der Waals surface area (Å²) in [5, 5.41) is 0. The molecule has 1 heterocycles. The molecule has 14 heavy (non-hydrogen) atoms. The quantitative estimate of drug-likeness (QED) is 0.610. The van der Waals surface area contributed by atoms with Gasteiger partial charge in [0.25, 0.3) is 0 Å². The predicted molar refractivity (Wildman–Crippen MR) is 50.4 cm³/mol. The maximum atomic E-state index is 11.4. The van der Waals surface area contributed by atoms with E-state index in [2.05, 4.69) is 4.74 Å². The Morgan fingerprint density at radius 2 is 2.21 bits per heavy atom. The Kier molecular flexibility index (Phi) is 3.88. The van der Waals surface area contributed by atoms with Crippen molar-refractivity contribution in [1.82, 2.24) is 4.90 Å². The minimum Gasteiger partial charge on any atom is -0.467 e. The van der Waals surface area contributed by atoms with Crippen molar-refractivity contribution in [3.8, 4) is 0 Å². The summed E-state index contributed by atoms with van der Waals surface area (Å²) in [7, 11) is 1.34. The number of esters is 1. The first-order valence-corrected chi connectivity index (χ1v) is 4.78. The van der Waals surface area contributed by atoms with Gasteiger partial charge in [-0.3, -0.25) is 4.79 Å². The maximum Gasteiger partial charge on any atom is 0.328 e. The molecular weight excluding hydrogens is 184 g/mol. The van der Waals surface area contributed by atoms with E-state index in [1.54, 1.807) is 0 Å². The molecule has 0 spiro atoms. The summed E-state index contributed by atoms with van der Waals surface area (Å²) in [5.74, 6) is -0.522. The number of rotatable bonds is 2. The molecule has 80 valence electrons. The average Bonchev–Trinajstić information content (AvgIpc) is 2.27. The van der Waals surface area contributed by atoms with Crippen LogP contribution >= 0.6 is 0 Å². The van der Waals surface area contributed by atoms with Gasteiger partial charge in [0.2, 0.25) is 5.91 Å². The first-order valence-electron chi connectivity index (χ1n) is 4.78. The van der Waals surface area contributed by atoms with Crippen molar-refractivity contribution in [1.29, 1.82) is 0 Å². The third-order valence-electron chi connectivity index (χ3n) is 2.47. The van der Waals surface area contributed by atoms with Gasteiger partial charge in [-0.05, 0) is 19.3 Å². The second-order valence-corrected chi connectivity index (χ2v) is 3.33. The smallest absolute Gasteiger partial charge is 0.328 e. The summed E-state index contributed by atoms with van der Waals surface area (Å²) in [6.45, 7) is 0.559. The van der Waals surface area contributed by atoms with Crippen molar-refractivity contribution >= 4 is 11.9 Å². The number of carbonyl (C=O) groups is 2. The minimum atomic E-state index is -0.426. The summed E-state index contributed by atoms with van der Waals surface area (Å²) in [6, 6.07) is -0.426. The number of amides is 1. The Morgan fingerprint density at radius 1 is 1.50 bits per heavy atom. The fourth-order valence-corrected chi connectivity index (χ4v) is 1.73. The van der Waals surface area contributed by atoms with Gasteiger partial charge >= 0.3 is 5.97 Å². The van der Waals surface area contributed by atoms with Gasteiger partial charge in [0, 0.05) is 6.54 Å². The molecule has 0 saturated carbocycles. The molecule has 1 fully saturated rings. The molecule has 0 bridgehead atoms. The minimum absolute atomic E-state index is 0.0481. The van der Waals surface area contributed by atoms with Gasteiger partial charge in [0.05, 0.1) is 13.7 Å². The van der Waals surface area contributed by atoms with Crippen LogP contribution in [0.1, 0.15) is 19.3 Å². The first-order chi connectivity index (χ1) is 6.70. The summed E-state index contributed by atoms with van der Waals surface area (Å²) in [5.41, 5.74) is 5.26. The molecule has 1 atom stereocenters. The zero-order valence-corrected chi connectivity index (χ0v) is 8.36. The number of hydrogen-bond acceptors (Lipinski definition) is 4. The van der Waals surface area contributed by atoms with E-state index >= 15 is 0 Å². The van der Waals surface area contributed by atoms with E-state index < -0.39 is 6.04 Å². The number of methoxy groups -OCH3 is 1. The van der Waals surface area contributed by atoms with E-state index in [-0.39, 0.29) is 18.4 Å². The second kappa shape index (κ2) is 4.95. The van der Waals surface area contributed by atoms with Gasteiger partial charge in [-0.25, -0.2) is 4.79 Å². The van der Waals surface area contributed by atoms with Crippen molar-refractivity contribution in [3.05, 3.63) is 0 Å². The van der Waals surface area contributed by atoms with E-state index in [0.717, 1.165) is 12.8 Å². The SMILES string of the molecule is COC(=O)C1CCCCN1C(=O)CN. The highest BCUT2D eigenvalue weighted by molar-refractivity contribution is 5.85. The lowest BCUT2D eigenvalue weighted by atomic mass is 10.0. The Morgan fingerprint density at radius 3 is 2.79 bits per heavy atom. The molecule has 2 N–H and O–H groups in total. The summed E-state index contributed by atoms with van der Waals surface area (Å²) in [6.07, 6.45) is 2.56. The molecule has 0 aromatic heterocycles. The number of nitrogens with two attached hydrogens (primary N) is 1. The molecule has 1 aliphatic heterocycles. The third kappa shape index (κ3) is 2.23. The van der Waals surface area contributed by atoms with E-state index in [1.165, 1.54) is 12.0 Å². The van der Waals surface area contributed by atoms with Crippen molar-refractivity contribution in [2.45, 2.75) is 25.3 Å². The normalized spacial score (nSPS) is 21.9. The zero-order chi connectivity index (χ0) is 10.6. The lowest BCUT2D eigenvalue weighted by molar-refractivity contribution is -0.154. The number of ether oxygens (including phenoxy) is 1. The number of nitrogens with zero attached hydrogens (tertiary/aromatic N) is 1. The molecule has 1 aliphatic rings. The van der Waals surface area contributed by atoms with Crippen LogP contribution in [0.4, 0.5) is 0 Å². The second-order valence-electron chi connectivity index (χ2n) is 3.33. The van der Waals surface area contributed by atoms with Crippen LogP contribution < -0.4 is 5.73 Å². The van der Waals surface area contributed by atoms with Crippen LogP contribution in [0.3, 0.4) is 0 Å². The average molecular weight is 200 g/mol. The lowest BCUT2D eigenvalue weighted by Crippen LogP contribution is -2.50. The van der Waals surface area contributed by atoms with Crippen molar-refractivity contribution in [3.63, 3.8) is 0 Å². The third-order valence-corrected chi connectivity index (χ3v) is 2.47. The van der Waals surface area contributed by atoms with Crippen LogP contribution in [0.25, 0.3) is 0 Å².